The number of nitrogens with zero attached hydrogens (tertiary/aromatic N) is 3. The van der Waals surface area contributed by atoms with Crippen LogP contribution in [0.4, 0.5) is 23.7 Å². The van der Waals surface area contributed by atoms with Gasteiger partial charge in [0, 0.05) is 37.3 Å². The first-order chi connectivity index (χ1) is 15.1. The Balaban J connectivity index is 1.88. The lowest BCUT2D eigenvalue weighted by Gasteiger charge is -2.18. The summed E-state index contributed by atoms with van der Waals surface area (Å²) in [5.41, 5.74) is 1.17. The third kappa shape index (κ3) is 5.05. The number of fused-ring (bicyclic) bond motifs is 1. The van der Waals surface area contributed by atoms with Crippen molar-refractivity contribution in [2.75, 3.05) is 13.6 Å². The molecule has 3 aromatic rings. The van der Waals surface area contributed by atoms with Gasteiger partial charge in [-0.1, -0.05) is 30.3 Å². The third-order valence-electron chi connectivity index (χ3n) is 4.79. The molecule has 1 heterocycles. The number of carbonyl (C=O) groups is 2. The largest absolute Gasteiger partial charge is 0.471 e. The van der Waals surface area contributed by atoms with E-state index in [1.165, 1.54) is 24.4 Å². The third-order valence-corrected chi connectivity index (χ3v) is 4.79. The summed E-state index contributed by atoms with van der Waals surface area (Å²) in [4.78, 5) is 35.0. The number of hydrogen-bond donors (Lipinski definition) is 0. The molecule has 0 N–H and O–H groups in total. The number of ether oxygens (including phenoxy) is 1. The second kappa shape index (κ2) is 9.08. The van der Waals surface area contributed by atoms with Crippen LogP contribution in [0, 0.1) is 10.1 Å². The van der Waals surface area contributed by atoms with E-state index in [9.17, 15) is 32.9 Å². The molecule has 3 rings (SSSR count). The van der Waals surface area contributed by atoms with Crippen molar-refractivity contribution in [2.24, 2.45) is 0 Å². The first-order valence-corrected chi connectivity index (χ1v) is 9.39. The summed E-state index contributed by atoms with van der Waals surface area (Å²) in [7, 11) is 1.01. The number of nitro benzene ring substituents is 1. The van der Waals surface area contributed by atoms with E-state index in [4.69, 9.17) is 4.74 Å². The summed E-state index contributed by atoms with van der Waals surface area (Å²) in [5, 5.41) is 11.5. The molecule has 0 fully saturated rings. The first-order valence-electron chi connectivity index (χ1n) is 9.39. The molecule has 0 atom stereocenters. The Kier molecular flexibility index (Phi) is 6.47. The zero-order valence-corrected chi connectivity index (χ0v) is 16.8. The SMILES string of the molecule is CN(CCc1cn(C(=O)OCc2ccccc2)c2ccc([N+](=O)[O-])cc12)C(=O)C(F)(F)F. The van der Waals surface area contributed by atoms with Crippen LogP contribution in [0.2, 0.25) is 0 Å². The molecule has 1 aromatic heterocycles. The number of nitro groups is 1. The lowest BCUT2D eigenvalue weighted by molar-refractivity contribution is -0.384. The molecule has 0 saturated heterocycles. The van der Waals surface area contributed by atoms with Gasteiger partial charge in [-0.2, -0.15) is 13.2 Å². The van der Waals surface area contributed by atoms with Crippen LogP contribution < -0.4 is 0 Å². The predicted molar refractivity (Wildman–Crippen MR) is 108 cm³/mol. The van der Waals surface area contributed by atoms with Crippen molar-refractivity contribution < 1.29 is 32.4 Å². The van der Waals surface area contributed by atoms with E-state index < -0.39 is 23.1 Å². The van der Waals surface area contributed by atoms with E-state index >= 15 is 0 Å². The quantitative estimate of drug-likeness (QED) is 0.413. The van der Waals surface area contributed by atoms with E-state index in [-0.39, 0.29) is 25.3 Å². The lowest BCUT2D eigenvalue weighted by Crippen LogP contribution is -2.39. The number of non-ortho nitro benzene ring substituents is 1. The summed E-state index contributed by atoms with van der Waals surface area (Å²) in [5.74, 6) is -2.01. The van der Waals surface area contributed by atoms with Gasteiger partial charge in [-0.25, -0.2) is 4.79 Å². The van der Waals surface area contributed by atoms with Crippen molar-refractivity contribution in [2.45, 2.75) is 19.2 Å². The minimum Gasteiger partial charge on any atom is -0.444 e. The normalized spacial score (nSPS) is 11.4. The standard InChI is InChI=1S/C21H18F3N3O5/c1-25(19(28)21(22,23)24)10-9-15-12-26(18-8-7-16(27(30)31)11-17(15)18)20(29)32-13-14-5-3-2-4-6-14/h2-8,11-12H,9-10,13H2,1H3. The van der Waals surface area contributed by atoms with Crippen LogP contribution in [0.15, 0.2) is 54.7 Å². The number of likely N-dealkylation sites (N-methyl/N-ethyl adjacent to an activating group) is 1. The van der Waals surface area contributed by atoms with Gasteiger partial charge >= 0.3 is 18.2 Å². The van der Waals surface area contributed by atoms with Crippen LogP contribution in [-0.4, -0.2) is 46.2 Å². The molecule has 168 valence electrons. The van der Waals surface area contributed by atoms with Gasteiger partial charge in [-0.3, -0.25) is 19.5 Å². The van der Waals surface area contributed by atoms with Crippen LogP contribution in [-0.2, 0) is 22.6 Å². The molecule has 11 heteroatoms. The molecule has 0 bridgehead atoms. The summed E-state index contributed by atoms with van der Waals surface area (Å²) in [6.45, 7) is -0.316. The minimum atomic E-state index is -5.01. The van der Waals surface area contributed by atoms with E-state index in [0.717, 1.165) is 17.2 Å². The Labute approximate surface area is 179 Å². The van der Waals surface area contributed by atoms with Crippen molar-refractivity contribution in [3.05, 3.63) is 76.0 Å². The molecule has 8 nitrogen and oxygen atoms in total. The van der Waals surface area contributed by atoms with Crippen molar-refractivity contribution in [1.82, 2.24) is 9.47 Å². The van der Waals surface area contributed by atoms with Crippen molar-refractivity contribution in [3.63, 3.8) is 0 Å². The van der Waals surface area contributed by atoms with Crippen LogP contribution in [0.5, 0.6) is 0 Å². The maximum atomic E-state index is 12.6. The van der Waals surface area contributed by atoms with E-state index in [1.807, 2.05) is 6.07 Å². The second-order valence-electron chi connectivity index (χ2n) is 7.00. The molecule has 0 radical (unpaired) electrons. The molecule has 0 saturated carbocycles. The number of amides is 1. The maximum Gasteiger partial charge on any atom is 0.471 e. The molecule has 1 amide bonds. The molecule has 32 heavy (non-hydrogen) atoms. The highest BCUT2D eigenvalue weighted by Crippen LogP contribution is 2.27. The maximum absolute atomic E-state index is 12.6. The smallest absolute Gasteiger partial charge is 0.444 e. The van der Waals surface area contributed by atoms with Gasteiger partial charge < -0.3 is 9.64 Å². The lowest BCUT2D eigenvalue weighted by atomic mass is 10.1. The minimum absolute atomic E-state index is 0.00944. The summed E-state index contributed by atoms with van der Waals surface area (Å²) in [6, 6.07) is 12.7. The Morgan fingerprint density at radius 1 is 1.16 bits per heavy atom. The van der Waals surface area contributed by atoms with Gasteiger partial charge in [-0.05, 0) is 23.6 Å². The molecule has 0 unspecified atom stereocenters. The topological polar surface area (TPSA) is 94.7 Å². The monoisotopic (exact) mass is 449 g/mol. The Morgan fingerprint density at radius 3 is 2.47 bits per heavy atom. The van der Waals surface area contributed by atoms with Crippen molar-refractivity contribution in [1.29, 1.82) is 0 Å². The number of halogens is 3. The van der Waals surface area contributed by atoms with Crippen LogP contribution in [0.3, 0.4) is 0 Å². The van der Waals surface area contributed by atoms with Crippen molar-refractivity contribution in [3.8, 4) is 0 Å². The second-order valence-corrected chi connectivity index (χ2v) is 7.00. The van der Waals surface area contributed by atoms with Crippen LogP contribution >= 0.6 is 0 Å². The fourth-order valence-corrected chi connectivity index (χ4v) is 3.15. The molecule has 0 spiro atoms. The zero-order chi connectivity index (χ0) is 23.5. The van der Waals surface area contributed by atoms with Gasteiger partial charge in [0.15, 0.2) is 0 Å². The number of rotatable bonds is 6. The Bertz CT molecular complexity index is 1160. The average molecular weight is 449 g/mol. The number of carbonyl (C=O) groups excluding carboxylic acids is 2. The Morgan fingerprint density at radius 2 is 1.84 bits per heavy atom. The molecule has 0 aliphatic rings. The average Bonchev–Trinajstić information content (AvgIpc) is 3.13. The van der Waals surface area contributed by atoms with E-state index in [2.05, 4.69) is 0 Å². The van der Waals surface area contributed by atoms with Crippen LogP contribution in [0.1, 0.15) is 11.1 Å². The first kappa shape index (κ1) is 22.8. The molecular weight excluding hydrogens is 431 g/mol. The van der Waals surface area contributed by atoms with Crippen LogP contribution in [0.25, 0.3) is 10.9 Å². The number of benzene rings is 2. The zero-order valence-electron chi connectivity index (χ0n) is 16.8. The van der Waals surface area contributed by atoms with Gasteiger partial charge in [0.25, 0.3) is 5.69 Å². The number of alkyl halides is 3. The number of aromatic nitrogens is 1. The molecule has 0 aliphatic heterocycles. The summed E-state index contributed by atoms with van der Waals surface area (Å²) in [6.07, 6.45) is -4.47. The summed E-state index contributed by atoms with van der Waals surface area (Å²) >= 11 is 0. The van der Waals surface area contributed by atoms with Gasteiger partial charge in [-0.15, -0.1) is 0 Å². The summed E-state index contributed by atoms with van der Waals surface area (Å²) < 4.78 is 44.3. The predicted octanol–water partition coefficient (Wildman–Crippen LogP) is 4.30. The van der Waals surface area contributed by atoms with Crippen molar-refractivity contribution >= 4 is 28.6 Å². The van der Waals surface area contributed by atoms with Gasteiger partial charge in [0.1, 0.15) is 6.61 Å². The van der Waals surface area contributed by atoms with Gasteiger partial charge in [0.2, 0.25) is 0 Å². The highest BCUT2D eigenvalue weighted by atomic mass is 19.4. The Hall–Kier alpha value is -3.89. The number of hydrogen-bond acceptors (Lipinski definition) is 5. The highest BCUT2D eigenvalue weighted by molar-refractivity contribution is 5.93. The fourth-order valence-electron chi connectivity index (χ4n) is 3.15. The highest BCUT2D eigenvalue weighted by Gasteiger charge is 2.41. The van der Waals surface area contributed by atoms with E-state index in [1.54, 1.807) is 24.3 Å². The molecular formula is C21H18F3N3O5. The van der Waals surface area contributed by atoms with Gasteiger partial charge in [0.05, 0.1) is 10.4 Å². The molecule has 2 aromatic carbocycles. The fraction of sp³-hybridized carbons (Fsp3) is 0.238. The van der Waals surface area contributed by atoms with E-state index in [0.29, 0.717) is 21.4 Å². The molecule has 0 aliphatic carbocycles.